The SMILES string of the molecule is CC(=O)[C@@H]1CC2[C@H]3CCC4CC(O)CC[C@@]4(C)[C@@H]3CC[C@@]2(C)C1. The molecule has 4 aliphatic rings. The number of hydrogen-bond donors (Lipinski definition) is 1. The zero-order valence-electron chi connectivity index (χ0n) is 15.2. The fraction of sp³-hybridized carbons (Fsp3) is 0.952. The maximum atomic E-state index is 12.0. The normalized spacial score (nSPS) is 55.7. The van der Waals surface area contributed by atoms with Crippen LogP contribution >= 0.6 is 0 Å². The molecule has 0 amide bonds. The first-order valence-electron chi connectivity index (χ1n) is 10.0. The fourth-order valence-corrected chi connectivity index (χ4v) is 7.60. The van der Waals surface area contributed by atoms with Gasteiger partial charge in [-0.05, 0) is 99.2 Å². The van der Waals surface area contributed by atoms with E-state index in [0.29, 0.717) is 22.5 Å². The molecule has 3 unspecified atom stereocenters. The lowest BCUT2D eigenvalue weighted by Crippen LogP contribution is -2.53. The van der Waals surface area contributed by atoms with Gasteiger partial charge in [0, 0.05) is 5.92 Å². The zero-order valence-corrected chi connectivity index (χ0v) is 15.2. The van der Waals surface area contributed by atoms with Gasteiger partial charge in [0.2, 0.25) is 0 Å². The average molecular weight is 319 g/mol. The summed E-state index contributed by atoms with van der Waals surface area (Å²) in [6.45, 7) is 6.83. The molecule has 0 aliphatic heterocycles. The second-order valence-electron chi connectivity index (χ2n) is 10.0. The first-order valence-corrected chi connectivity index (χ1v) is 10.0. The molecule has 130 valence electrons. The van der Waals surface area contributed by atoms with Crippen molar-refractivity contribution in [2.75, 3.05) is 0 Å². The molecule has 0 radical (unpaired) electrons. The number of Topliss-reactive ketones (excluding diaryl/α,β-unsaturated/α-hetero) is 1. The van der Waals surface area contributed by atoms with Crippen LogP contribution < -0.4 is 0 Å². The summed E-state index contributed by atoms with van der Waals surface area (Å²) in [4.78, 5) is 12.0. The van der Waals surface area contributed by atoms with Crippen LogP contribution in [-0.2, 0) is 4.79 Å². The molecule has 2 nitrogen and oxygen atoms in total. The number of carbonyl (C=O) groups excluding carboxylic acids is 1. The number of carbonyl (C=O) groups is 1. The third-order valence-corrected chi connectivity index (χ3v) is 8.98. The van der Waals surface area contributed by atoms with Crippen LogP contribution in [0.5, 0.6) is 0 Å². The number of ketones is 1. The van der Waals surface area contributed by atoms with Crippen molar-refractivity contribution in [3.8, 4) is 0 Å². The molecule has 0 spiro atoms. The minimum atomic E-state index is -0.0490. The Morgan fingerprint density at radius 1 is 1.00 bits per heavy atom. The van der Waals surface area contributed by atoms with Gasteiger partial charge in [0.1, 0.15) is 5.78 Å². The summed E-state index contributed by atoms with van der Waals surface area (Å²) >= 11 is 0. The lowest BCUT2D eigenvalue weighted by Gasteiger charge is -2.60. The van der Waals surface area contributed by atoms with Crippen molar-refractivity contribution in [2.24, 2.45) is 40.4 Å². The van der Waals surface area contributed by atoms with E-state index >= 15 is 0 Å². The summed E-state index contributed by atoms with van der Waals surface area (Å²) < 4.78 is 0. The summed E-state index contributed by atoms with van der Waals surface area (Å²) in [5.74, 6) is 3.97. The molecule has 0 aromatic heterocycles. The average Bonchev–Trinajstić information content (AvgIpc) is 2.86. The lowest BCUT2D eigenvalue weighted by molar-refractivity contribution is -0.121. The van der Waals surface area contributed by atoms with Gasteiger partial charge >= 0.3 is 0 Å². The van der Waals surface area contributed by atoms with E-state index in [1.807, 2.05) is 6.92 Å². The van der Waals surface area contributed by atoms with Gasteiger partial charge in [-0.25, -0.2) is 0 Å². The van der Waals surface area contributed by atoms with Crippen LogP contribution in [0.4, 0.5) is 0 Å². The first kappa shape index (κ1) is 16.1. The Kier molecular flexibility index (Phi) is 3.72. The molecule has 0 aromatic rings. The predicted octanol–water partition coefficient (Wildman–Crippen LogP) is 4.60. The maximum Gasteiger partial charge on any atom is 0.132 e. The van der Waals surface area contributed by atoms with E-state index in [9.17, 15) is 9.90 Å². The fourth-order valence-electron chi connectivity index (χ4n) is 7.60. The maximum absolute atomic E-state index is 12.0. The van der Waals surface area contributed by atoms with Gasteiger partial charge in [0.15, 0.2) is 0 Å². The van der Waals surface area contributed by atoms with E-state index in [2.05, 4.69) is 13.8 Å². The molecule has 4 aliphatic carbocycles. The molecule has 0 heterocycles. The highest BCUT2D eigenvalue weighted by molar-refractivity contribution is 5.78. The zero-order chi connectivity index (χ0) is 16.4. The molecule has 2 heteroatoms. The molecule has 0 aromatic carbocycles. The van der Waals surface area contributed by atoms with Crippen LogP contribution in [0.15, 0.2) is 0 Å². The lowest BCUT2D eigenvalue weighted by atomic mass is 9.45. The second-order valence-corrected chi connectivity index (χ2v) is 10.0. The molecule has 4 rings (SSSR count). The summed E-state index contributed by atoms with van der Waals surface area (Å²) in [6.07, 6.45) is 10.9. The number of fused-ring (bicyclic) bond motifs is 5. The molecular formula is C21H34O2. The molecule has 1 N–H and O–H groups in total. The van der Waals surface area contributed by atoms with E-state index in [0.717, 1.165) is 49.4 Å². The monoisotopic (exact) mass is 318 g/mol. The van der Waals surface area contributed by atoms with Gasteiger partial charge in [-0.15, -0.1) is 0 Å². The van der Waals surface area contributed by atoms with Gasteiger partial charge in [-0.3, -0.25) is 4.79 Å². The van der Waals surface area contributed by atoms with Gasteiger partial charge in [-0.1, -0.05) is 13.8 Å². The van der Waals surface area contributed by atoms with Crippen molar-refractivity contribution >= 4 is 5.78 Å². The van der Waals surface area contributed by atoms with E-state index in [-0.39, 0.29) is 6.10 Å². The minimum Gasteiger partial charge on any atom is -0.393 e. The number of aliphatic hydroxyl groups is 1. The van der Waals surface area contributed by atoms with Crippen LogP contribution in [-0.4, -0.2) is 17.0 Å². The first-order chi connectivity index (χ1) is 10.8. The Balaban J connectivity index is 1.60. The van der Waals surface area contributed by atoms with Crippen molar-refractivity contribution in [1.29, 1.82) is 0 Å². The Morgan fingerprint density at radius 2 is 1.78 bits per heavy atom. The smallest absolute Gasteiger partial charge is 0.132 e. The van der Waals surface area contributed by atoms with Gasteiger partial charge < -0.3 is 5.11 Å². The Labute approximate surface area is 141 Å². The molecule has 0 saturated heterocycles. The molecule has 8 atom stereocenters. The summed E-state index contributed by atoms with van der Waals surface area (Å²) in [7, 11) is 0. The highest BCUT2D eigenvalue weighted by Crippen LogP contribution is 2.66. The largest absolute Gasteiger partial charge is 0.393 e. The third-order valence-electron chi connectivity index (χ3n) is 8.98. The quantitative estimate of drug-likeness (QED) is 0.767. The topological polar surface area (TPSA) is 37.3 Å². The standard InChI is InChI=1S/C21H34O2/c1-13(22)14-10-19-17-5-4-15-11-16(23)6-9-21(15,3)18(17)7-8-20(19,2)12-14/h14-19,23H,4-12H2,1-3H3/t14-,15?,16?,17+,18-,19?,20+,21-/m1/s1. The Bertz CT molecular complexity index is 500. The summed E-state index contributed by atoms with van der Waals surface area (Å²) in [5, 5.41) is 10.1. The third kappa shape index (κ3) is 2.34. The molecule has 23 heavy (non-hydrogen) atoms. The van der Waals surface area contributed by atoms with E-state index < -0.39 is 0 Å². The number of hydrogen-bond acceptors (Lipinski definition) is 2. The predicted molar refractivity (Wildman–Crippen MR) is 91.9 cm³/mol. The van der Waals surface area contributed by atoms with Crippen molar-refractivity contribution in [1.82, 2.24) is 0 Å². The van der Waals surface area contributed by atoms with E-state index in [1.165, 1.54) is 32.1 Å². The second kappa shape index (κ2) is 5.31. The Morgan fingerprint density at radius 3 is 2.52 bits per heavy atom. The molecule has 4 fully saturated rings. The van der Waals surface area contributed by atoms with Crippen LogP contribution in [0.1, 0.15) is 78.6 Å². The van der Waals surface area contributed by atoms with Crippen LogP contribution in [0.2, 0.25) is 0 Å². The number of aliphatic hydroxyl groups excluding tert-OH is 1. The van der Waals surface area contributed by atoms with Crippen molar-refractivity contribution < 1.29 is 9.90 Å². The highest BCUT2D eigenvalue weighted by Gasteiger charge is 2.59. The van der Waals surface area contributed by atoms with Gasteiger partial charge in [0.25, 0.3) is 0 Å². The van der Waals surface area contributed by atoms with E-state index in [1.54, 1.807) is 0 Å². The van der Waals surface area contributed by atoms with Gasteiger partial charge in [-0.2, -0.15) is 0 Å². The molecular weight excluding hydrogens is 284 g/mol. The van der Waals surface area contributed by atoms with Crippen molar-refractivity contribution in [2.45, 2.75) is 84.7 Å². The Hall–Kier alpha value is -0.370. The van der Waals surface area contributed by atoms with Crippen LogP contribution in [0.25, 0.3) is 0 Å². The summed E-state index contributed by atoms with van der Waals surface area (Å²) in [5.41, 5.74) is 0.882. The van der Waals surface area contributed by atoms with Crippen molar-refractivity contribution in [3.05, 3.63) is 0 Å². The van der Waals surface area contributed by atoms with Crippen LogP contribution in [0, 0.1) is 40.4 Å². The number of rotatable bonds is 1. The van der Waals surface area contributed by atoms with E-state index in [4.69, 9.17) is 0 Å². The molecule has 4 saturated carbocycles. The highest BCUT2D eigenvalue weighted by atomic mass is 16.3. The minimum absolute atomic E-state index is 0.0490. The molecule has 0 bridgehead atoms. The van der Waals surface area contributed by atoms with Crippen molar-refractivity contribution in [3.63, 3.8) is 0 Å². The van der Waals surface area contributed by atoms with Crippen LogP contribution in [0.3, 0.4) is 0 Å². The van der Waals surface area contributed by atoms with Gasteiger partial charge in [0.05, 0.1) is 6.10 Å². The summed E-state index contributed by atoms with van der Waals surface area (Å²) in [6, 6.07) is 0.